The van der Waals surface area contributed by atoms with Gasteiger partial charge in [-0.2, -0.15) is 0 Å². The molecule has 5 rings (SSSR count). The summed E-state index contributed by atoms with van der Waals surface area (Å²) >= 11 is 0. The van der Waals surface area contributed by atoms with E-state index in [1.807, 2.05) is 16.7 Å². The third kappa shape index (κ3) is 4.13. The van der Waals surface area contributed by atoms with Gasteiger partial charge in [-0.25, -0.2) is 15.0 Å². The van der Waals surface area contributed by atoms with Crippen LogP contribution in [-0.4, -0.2) is 46.8 Å². The Hall–Kier alpha value is -3.40. The van der Waals surface area contributed by atoms with Crippen molar-refractivity contribution in [1.29, 1.82) is 0 Å². The molecule has 4 aromatic rings. The molecule has 3 heterocycles. The zero-order valence-corrected chi connectivity index (χ0v) is 21.7. The number of nitrogen functional groups attached to an aromatic ring is 1. The predicted octanol–water partition coefficient (Wildman–Crippen LogP) is 3.09. The molecule has 1 fully saturated rings. The number of anilines is 1. The molecule has 3 atom stereocenters. The average molecular weight is 502 g/mol. The highest BCUT2D eigenvalue weighted by Crippen LogP contribution is 2.39. The van der Waals surface area contributed by atoms with Gasteiger partial charge in [0.15, 0.2) is 11.5 Å². The minimum atomic E-state index is -2.75. The Morgan fingerprint density at radius 1 is 1.06 bits per heavy atom. The van der Waals surface area contributed by atoms with Crippen LogP contribution in [0.25, 0.3) is 11.2 Å². The van der Waals surface area contributed by atoms with Crippen LogP contribution < -0.4 is 16.1 Å². The van der Waals surface area contributed by atoms with Gasteiger partial charge in [0.05, 0.1) is 19.0 Å². The summed E-state index contributed by atoms with van der Waals surface area (Å²) in [4.78, 5) is 24.8. The lowest BCUT2D eigenvalue weighted by Crippen LogP contribution is -2.67. The van der Waals surface area contributed by atoms with E-state index in [2.05, 4.69) is 84.3 Å². The zero-order valence-electron chi connectivity index (χ0n) is 20.7. The molecule has 8 nitrogen and oxygen atoms in total. The summed E-state index contributed by atoms with van der Waals surface area (Å²) in [6.45, 7) is 7.00. The maximum absolute atomic E-state index is 12.1. The van der Waals surface area contributed by atoms with Gasteiger partial charge in [-0.15, -0.1) is 0 Å². The van der Waals surface area contributed by atoms with Gasteiger partial charge in [-0.05, 0) is 15.4 Å². The van der Waals surface area contributed by atoms with E-state index < -0.39 is 20.6 Å². The largest absolute Gasteiger partial charge is 0.405 e. The summed E-state index contributed by atoms with van der Waals surface area (Å²) in [6, 6.07) is 20.9. The van der Waals surface area contributed by atoms with E-state index in [9.17, 15) is 4.79 Å². The molecule has 0 radical (unpaired) electrons. The smallest absolute Gasteiger partial charge is 0.261 e. The number of aromatic nitrogens is 4. The lowest BCUT2D eigenvalue weighted by Gasteiger charge is -2.43. The molecular formula is C27H31N5O3Si. The minimum Gasteiger partial charge on any atom is -0.405 e. The minimum absolute atomic E-state index is 0.167. The van der Waals surface area contributed by atoms with Crippen LogP contribution >= 0.6 is 0 Å². The van der Waals surface area contributed by atoms with Crippen LogP contribution in [0.5, 0.6) is 0 Å². The summed E-state index contributed by atoms with van der Waals surface area (Å²) in [5, 5.41) is 2.21. The number of hydrogen-bond donors (Lipinski definition) is 1. The van der Waals surface area contributed by atoms with E-state index in [4.69, 9.17) is 14.9 Å². The monoisotopic (exact) mass is 501 g/mol. The maximum atomic E-state index is 12.1. The van der Waals surface area contributed by atoms with Crippen molar-refractivity contribution in [1.82, 2.24) is 19.5 Å². The highest BCUT2D eigenvalue weighted by Gasteiger charge is 2.51. The molecule has 0 spiro atoms. The number of nitrogens with zero attached hydrogens (tertiary/aromatic N) is 4. The van der Waals surface area contributed by atoms with E-state index in [-0.39, 0.29) is 11.0 Å². The fraction of sp³-hybridized carbons (Fsp3) is 0.333. The Balaban J connectivity index is 1.47. The lowest BCUT2D eigenvalue weighted by atomic mass is 10.0. The molecule has 0 saturated carbocycles. The van der Waals surface area contributed by atoms with Crippen molar-refractivity contribution in [3.8, 4) is 0 Å². The van der Waals surface area contributed by atoms with Crippen LogP contribution in [0.1, 0.15) is 33.4 Å². The van der Waals surface area contributed by atoms with Crippen molar-refractivity contribution in [2.24, 2.45) is 5.92 Å². The quantitative estimate of drug-likeness (QED) is 0.306. The first-order chi connectivity index (χ1) is 17.3. The number of hydrogen-bond acceptors (Lipinski definition) is 7. The normalized spacial score (nSPS) is 20.6. The first kappa shape index (κ1) is 24.3. The molecule has 0 amide bonds. The SMILES string of the molecule is CC(C)(C)[Si](OC[C@@H]1O[C@@H](n2cnc3c(N)ncnc32)C[C@@H]1C=O)(c1ccccc1)c1ccccc1. The van der Waals surface area contributed by atoms with Gasteiger partial charge in [0.2, 0.25) is 0 Å². The highest BCUT2D eigenvalue weighted by atomic mass is 28.4. The number of ether oxygens (including phenoxy) is 1. The number of carbonyl (C=O) groups excluding carboxylic acids is 1. The third-order valence-corrected chi connectivity index (χ3v) is 12.0. The molecule has 0 aliphatic carbocycles. The van der Waals surface area contributed by atoms with Crippen LogP contribution in [0.4, 0.5) is 5.82 Å². The Kier molecular flexibility index (Phi) is 6.46. The Morgan fingerprint density at radius 3 is 2.28 bits per heavy atom. The van der Waals surface area contributed by atoms with Gasteiger partial charge in [-0.3, -0.25) is 4.57 Å². The third-order valence-electron chi connectivity index (χ3n) is 7.04. The van der Waals surface area contributed by atoms with Crippen LogP contribution in [0.3, 0.4) is 0 Å². The number of fused-ring (bicyclic) bond motifs is 1. The Morgan fingerprint density at radius 2 is 1.69 bits per heavy atom. The topological polar surface area (TPSA) is 105 Å². The first-order valence-corrected chi connectivity index (χ1v) is 14.0. The average Bonchev–Trinajstić information content (AvgIpc) is 3.50. The van der Waals surface area contributed by atoms with Crippen LogP contribution in [0.2, 0.25) is 5.04 Å². The zero-order chi connectivity index (χ0) is 25.3. The van der Waals surface area contributed by atoms with Crippen LogP contribution in [0, 0.1) is 5.92 Å². The van der Waals surface area contributed by atoms with Gasteiger partial charge in [-0.1, -0.05) is 81.4 Å². The summed E-state index contributed by atoms with van der Waals surface area (Å²) in [5.41, 5.74) is 7.07. The molecule has 0 bridgehead atoms. The number of imidazole rings is 1. The van der Waals surface area contributed by atoms with Crippen molar-refractivity contribution < 1.29 is 14.0 Å². The predicted molar refractivity (Wildman–Crippen MR) is 141 cm³/mol. The summed E-state index contributed by atoms with van der Waals surface area (Å²) in [7, 11) is -2.75. The molecule has 9 heteroatoms. The molecule has 36 heavy (non-hydrogen) atoms. The summed E-state index contributed by atoms with van der Waals surface area (Å²) < 4.78 is 15.3. The van der Waals surface area contributed by atoms with E-state index in [0.29, 0.717) is 30.0 Å². The van der Waals surface area contributed by atoms with Gasteiger partial charge in [0.1, 0.15) is 24.4 Å². The lowest BCUT2D eigenvalue weighted by molar-refractivity contribution is -0.113. The molecular weight excluding hydrogens is 470 g/mol. The fourth-order valence-electron chi connectivity index (χ4n) is 5.28. The van der Waals surface area contributed by atoms with Crippen molar-refractivity contribution in [3.63, 3.8) is 0 Å². The molecule has 1 saturated heterocycles. The maximum Gasteiger partial charge on any atom is 0.261 e. The first-order valence-electron chi connectivity index (χ1n) is 12.1. The van der Waals surface area contributed by atoms with E-state index in [0.717, 1.165) is 6.29 Å². The number of aldehydes is 1. The second-order valence-corrected chi connectivity index (χ2v) is 14.5. The summed E-state index contributed by atoms with van der Waals surface area (Å²) in [5.74, 6) is 0.0000925. The van der Waals surface area contributed by atoms with Gasteiger partial charge < -0.3 is 19.7 Å². The highest BCUT2D eigenvalue weighted by molar-refractivity contribution is 6.99. The van der Waals surface area contributed by atoms with E-state index in [1.54, 1.807) is 6.33 Å². The second-order valence-electron chi connectivity index (χ2n) is 10.2. The van der Waals surface area contributed by atoms with Crippen LogP contribution in [0.15, 0.2) is 73.3 Å². The van der Waals surface area contributed by atoms with Gasteiger partial charge >= 0.3 is 0 Å². The van der Waals surface area contributed by atoms with Crippen LogP contribution in [-0.2, 0) is 14.0 Å². The number of rotatable bonds is 7. The summed E-state index contributed by atoms with van der Waals surface area (Å²) in [6.07, 6.45) is 3.74. The number of nitrogens with two attached hydrogens (primary N) is 1. The molecule has 186 valence electrons. The van der Waals surface area contributed by atoms with Crippen molar-refractivity contribution >= 4 is 42.0 Å². The second kappa shape index (κ2) is 9.57. The van der Waals surface area contributed by atoms with E-state index in [1.165, 1.54) is 16.7 Å². The molecule has 1 aliphatic heterocycles. The standard InChI is InChI=1S/C27H31N5O3Si/c1-27(2,3)36(20-10-6-4-7-11-20,21-12-8-5-9-13-21)34-16-22-19(15-33)14-23(35-22)32-18-31-24-25(28)29-17-30-26(24)32/h4-13,15,17-19,22-23H,14,16H2,1-3H3,(H2,28,29,30)/t19-,22+,23-/m1/s1. The molecule has 0 unspecified atom stereocenters. The van der Waals surface area contributed by atoms with Crippen molar-refractivity contribution in [2.45, 2.75) is 44.6 Å². The van der Waals surface area contributed by atoms with E-state index >= 15 is 0 Å². The van der Waals surface area contributed by atoms with Crippen molar-refractivity contribution in [2.75, 3.05) is 12.3 Å². The van der Waals surface area contributed by atoms with Crippen molar-refractivity contribution in [3.05, 3.63) is 73.3 Å². The molecule has 2 N–H and O–H groups in total. The molecule has 2 aromatic heterocycles. The molecule has 1 aliphatic rings. The molecule has 2 aromatic carbocycles. The fourth-order valence-corrected chi connectivity index (χ4v) is 9.85. The van der Waals surface area contributed by atoms with Gasteiger partial charge in [0.25, 0.3) is 8.32 Å². The Bertz CT molecular complexity index is 1300. The Labute approximate surface area is 211 Å². The number of benzene rings is 2. The number of carbonyl (C=O) groups is 1. The van der Waals surface area contributed by atoms with Gasteiger partial charge in [0, 0.05) is 12.3 Å².